The van der Waals surface area contributed by atoms with Crippen molar-refractivity contribution in [3.05, 3.63) is 48.4 Å². The van der Waals surface area contributed by atoms with E-state index in [9.17, 15) is 4.39 Å². The van der Waals surface area contributed by atoms with Gasteiger partial charge in [0.15, 0.2) is 0 Å². The normalized spacial score (nSPS) is 18.9. The second-order valence-electron chi connectivity index (χ2n) is 6.16. The van der Waals surface area contributed by atoms with Gasteiger partial charge in [-0.1, -0.05) is 0 Å². The van der Waals surface area contributed by atoms with Crippen LogP contribution < -0.4 is 9.64 Å². The van der Waals surface area contributed by atoms with Gasteiger partial charge in [0.2, 0.25) is 0 Å². The summed E-state index contributed by atoms with van der Waals surface area (Å²) in [5.41, 5.74) is 0. The van der Waals surface area contributed by atoms with Gasteiger partial charge in [-0.2, -0.15) is 0 Å². The number of piperazine rings is 1. The number of hydrogen-bond acceptors (Lipinski definition) is 4. The Balaban J connectivity index is 1.37. The molecule has 0 bridgehead atoms. The molecule has 2 fully saturated rings. The van der Waals surface area contributed by atoms with Crippen molar-refractivity contribution in [1.82, 2.24) is 9.88 Å². The average Bonchev–Trinajstić information content (AvgIpc) is 3.43. The molecule has 0 unspecified atom stereocenters. The minimum atomic E-state index is -0.267. The van der Waals surface area contributed by atoms with E-state index in [1.807, 2.05) is 12.1 Å². The molecule has 5 heteroatoms. The fourth-order valence-corrected chi connectivity index (χ4v) is 3.01. The smallest absolute Gasteiger partial charge is 0.145 e. The molecule has 4 rings (SSSR count). The van der Waals surface area contributed by atoms with Gasteiger partial charge in [0, 0.05) is 32.2 Å². The Bertz CT molecular complexity index is 647. The van der Waals surface area contributed by atoms with Gasteiger partial charge in [0.25, 0.3) is 0 Å². The van der Waals surface area contributed by atoms with Crippen molar-refractivity contribution < 1.29 is 9.13 Å². The highest BCUT2D eigenvalue weighted by Gasteiger charge is 2.31. The number of aromatic nitrogens is 1. The van der Waals surface area contributed by atoms with E-state index in [4.69, 9.17) is 4.74 Å². The Morgan fingerprint density at radius 2 is 1.61 bits per heavy atom. The van der Waals surface area contributed by atoms with E-state index in [1.165, 1.54) is 25.0 Å². The first-order chi connectivity index (χ1) is 11.3. The lowest BCUT2D eigenvalue weighted by atomic mass is 10.3. The summed E-state index contributed by atoms with van der Waals surface area (Å²) in [6.45, 7) is 4.31. The van der Waals surface area contributed by atoms with E-state index in [1.54, 1.807) is 18.3 Å². The average molecular weight is 313 g/mol. The molecule has 0 radical (unpaired) electrons. The first-order valence-corrected chi connectivity index (χ1v) is 8.16. The molecule has 0 amide bonds. The quantitative estimate of drug-likeness (QED) is 0.866. The summed E-state index contributed by atoms with van der Waals surface area (Å²) < 4.78 is 18.6. The van der Waals surface area contributed by atoms with Crippen molar-refractivity contribution in [3.8, 4) is 11.5 Å². The zero-order chi connectivity index (χ0) is 15.6. The Morgan fingerprint density at radius 3 is 2.22 bits per heavy atom. The maximum absolute atomic E-state index is 12.9. The van der Waals surface area contributed by atoms with Crippen LogP contribution in [0, 0.1) is 5.82 Å². The number of ether oxygens (including phenoxy) is 1. The van der Waals surface area contributed by atoms with Crippen LogP contribution in [0.4, 0.5) is 10.2 Å². The molecular weight excluding hydrogens is 293 g/mol. The van der Waals surface area contributed by atoms with Gasteiger partial charge in [0.1, 0.15) is 23.1 Å². The Labute approximate surface area is 135 Å². The van der Waals surface area contributed by atoms with Gasteiger partial charge >= 0.3 is 0 Å². The van der Waals surface area contributed by atoms with Crippen LogP contribution in [0.5, 0.6) is 11.5 Å². The van der Waals surface area contributed by atoms with Crippen molar-refractivity contribution in [2.45, 2.75) is 18.9 Å². The van der Waals surface area contributed by atoms with E-state index in [2.05, 4.69) is 14.8 Å². The van der Waals surface area contributed by atoms with Crippen molar-refractivity contribution in [2.24, 2.45) is 0 Å². The van der Waals surface area contributed by atoms with Gasteiger partial charge in [0.05, 0.1) is 6.20 Å². The Morgan fingerprint density at radius 1 is 0.913 bits per heavy atom. The number of anilines is 1. The zero-order valence-corrected chi connectivity index (χ0v) is 13.0. The van der Waals surface area contributed by atoms with E-state index < -0.39 is 0 Å². The van der Waals surface area contributed by atoms with Crippen LogP contribution in [-0.4, -0.2) is 42.1 Å². The molecule has 1 aliphatic heterocycles. The summed E-state index contributed by atoms with van der Waals surface area (Å²) in [4.78, 5) is 9.42. The van der Waals surface area contributed by atoms with Gasteiger partial charge in [-0.3, -0.25) is 4.90 Å². The fraction of sp³-hybridized carbons (Fsp3) is 0.389. The highest BCUT2D eigenvalue weighted by molar-refractivity contribution is 5.42. The van der Waals surface area contributed by atoms with Gasteiger partial charge in [-0.05, 0) is 49.2 Å². The maximum atomic E-state index is 12.9. The zero-order valence-electron chi connectivity index (χ0n) is 13.0. The molecule has 0 atom stereocenters. The van der Waals surface area contributed by atoms with Crippen molar-refractivity contribution in [3.63, 3.8) is 0 Å². The third-order valence-electron chi connectivity index (χ3n) is 4.47. The van der Waals surface area contributed by atoms with Crippen LogP contribution in [0.2, 0.25) is 0 Å². The molecule has 2 aromatic rings. The molecule has 2 heterocycles. The molecule has 2 aliphatic rings. The summed E-state index contributed by atoms with van der Waals surface area (Å²) in [5.74, 6) is 2.00. The SMILES string of the molecule is Fc1ccc(Oc2ccc(N3CCN(C4CC4)CC3)nc2)cc1. The predicted octanol–water partition coefficient (Wildman–Crippen LogP) is 3.30. The van der Waals surface area contributed by atoms with Crippen LogP contribution >= 0.6 is 0 Å². The molecule has 120 valence electrons. The number of rotatable bonds is 4. The molecule has 1 aliphatic carbocycles. The summed E-state index contributed by atoms with van der Waals surface area (Å²) in [6.07, 6.45) is 4.47. The van der Waals surface area contributed by atoms with E-state index in [0.717, 1.165) is 38.0 Å². The molecule has 1 saturated heterocycles. The summed E-state index contributed by atoms with van der Waals surface area (Å²) in [7, 11) is 0. The molecule has 23 heavy (non-hydrogen) atoms. The topological polar surface area (TPSA) is 28.6 Å². The molecule has 1 aromatic heterocycles. The Kier molecular flexibility index (Phi) is 3.87. The molecule has 4 nitrogen and oxygen atoms in total. The predicted molar refractivity (Wildman–Crippen MR) is 87.5 cm³/mol. The van der Waals surface area contributed by atoms with Crippen LogP contribution in [0.15, 0.2) is 42.6 Å². The van der Waals surface area contributed by atoms with Crippen molar-refractivity contribution in [1.29, 1.82) is 0 Å². The highest BCUT2D eigenvalue weighted by atomic mass is 19.1. The largest absolute Gasteiger partial charge is 0.456 e. The number of halogens is 1. The van der Waals surface area contributed by atoms with Gasteiger partial charge in [-0.15, -0.1) is 0 Å². The van der Waals surface area contributed by atoms with Crippen LogP contribution in [-0.2, 0) is 0 Å². The molecule has 1 aromatic carbocycles. The molecule has 1 saturated carbocycles. The number of benzene rings is 1. The fourth-order valence-electron chi connectivity index (χ4n) is 3.01. The van der Waals surface area contributed by atoms with Gasteiger partial charge < -0.3 is 9.64 Å². The highest BCUT2D eigenvalue weighted by Crippen LogP contribution is 2.28. The molecule has 0 spiro atoms. The molecule has 0 N–H and O–H groups in total. The monoisotopic (exact) mass is 313 g/mol. The summed E-state index contributed by atoms with van der Waals surface area (Å²) in [6, 6.07) is 10.7. The first kappa shape index (κ1) is 14.5. The minimum absolute atomic E-state index is 0.267. The Hall–Kier alpha value is -2.14. The second kappa shape index (κ2) is 6.16. The van der Waals surface area contributed by atoms with Crippen LogP contribution in [0.1, 0.15) is 12.8 Å². The maximum Gasteiger partial charge on any atom is 0.145 e. The number of pyridine rings is 1. The van der Waals surface area contributed by atoms with Crippen molar-refractivity contribution >= 4 is 5.82 Å². The third-order valence-corrected chi connectivity index (χ3v) is 4.47. The van der Waals surface area contributed by atoms with Gasteiger partial charge in [-0.25, -0.2) is 9.37 Å². The lowest BCUT2D eigenvalue weighted by Gasteiger charge is -2.35. The standard InChI is InChI=1S/C18H20FN3O/c19-14-1-5-16(6-2-14)23-17-7-8-18(20-13-17)22-11-9-21(10-12-22)15-3-4-15/h1-2,5-8,13,15H,3-4,9-12H2. The third kappa shape index (κ3) is 3.45. The molecular formula is C18H20FN3O. The first-order valence-electron chi connectivity index (χ1n) is 8.16. The van der Waals surface area contributed by atoms with Crippen LogP contribution in [0.25, 0.3) is 0 Å². The van der Waals surface area contributed by atoms with Crippen molar-refractivity contribution in [2.75, 3.05) is 31.1 Å². The second-order valence-corrected chi connectivity index (χ2v) is 6.16. The number of nitrogens with zero attached hydrogens (tertiary/aromatic N) is 3. The summed E-state index contributed by atoms with van der Waals surface area (Å²) >= 11 is 0. The summed E-state index contributed by atoms with van der Waals surface area (Å²) in [5, 5.41) is 0. The van der Waals surface area contributed by atoms with Crippen LogP contribution in [0.3, 0.4) is 0 Å². The van der Waals surface area contributed by atoms with E-state index in [0.29, 0.717) is 11.5 Å². The lowest BCUT2D eigenvalue weighted by Crippen LogP contribution is -2.47. The number of hydrogen-bond donors (Lipinski definition) is 0. The minimum Gasteiger partial charge on any atom is -0.456 e. The van der Waals surface area contributed by atoms with E-state index >= 15 is 0 Å². The van der Waals surface area contributed by atoms with E-state index in [-0.39, 0.29) is 5.82 Å². The lowest BCUT2D eigenvalue weighted by molar-refractivity contribution is 0.247.